The molecule has 2 heteroatoms. The first-order valence-corrected chi connectivity index (χ1v) is 5.02. The van der Waals surface area contributed by atoms with Crippen LogP contribution in [0.3, 0.4) is 0 Å². The Balaban J connectivity index is 2.40. The average Bonchev–Trinajstić information content (AvgIpc) is 2.17. The van der Waals surface area contributed by atoms with E-state index in [0.29, 0.717) is 4.08 Å². The Bertz CT molecular complexity index is 74.6. The minimum Gasteiger partial charge on any atom is -0.144 e. The van der Waals surface area contributed by atoms with Crippen LogP contribution in [0.5, 0.6) is 0 Å². The van der Waals surface area contributed by atoms with Gasteiger partial charge in [-0.3, -0.25) is 0 Å². The number of rotatable bonds is 1. The molecule has 0 N–H and O–H groups in total. The molecular formula is C6H12S2. The smallest absolute Gasteiger partial charge is 0.0581 e. The van der Waals surface area contributed by atoms with E-state index in [1.807, 2.05) is 0 Å². The Hall–Kier alpha value is 0.700. The van der Waals surface area contributed by atoms with Crippen LogP contribution in [-0.2, 0) is 0 Å². The number of thioether (sulfide) groups is 2. The van der Waals surface area contributed by atoms with E-state index in [4.69, 9.17) is 0 Å². The Morgan fingerprint density at radius 2 is 1.88 bits per heavy atom. The molecule has 0 aliphatic carbocycles. The standard InChI is InChI=1S/C6H12S2/c1-3-6(2)7-4-5-8-6/h3-5H2,1-2H3. The zero-order chi connectivity index (χ0) is 6.04. The molecule has 0 amide bonds. The highest BCUT2D eigenvalue weighted by Gasteiger charge is 2.27. The molecule has 1 saturated heterocycles. The molecule has 0 nitrogen and oxygen atoms in total. The molecule has 1 rings (SSSR count). The van der Waals surface area contributed by atoms with Gasteiger partial charge in [0.25, 0.3) is 0 Å². The highest BCUT2D eigenvalue weighted by molar-refractivity contribution is 8.21. The molecule has 8 heavy (non-hydrogen) atoms. The van der Waals surface area contributed by atoms with E-state index < -0.39 is 0 Å². The van der Waals surface area contributed by atoms with Crippen LogP contribution in [0.2, 0.25) is 0 Å². The van der Waals surface area contributed by atoms with Gasteiger partial charge in [0, 0.05) is 11.5 Å². The summed E-state index contributed by atoms with van der Waals surface area (Å²) in [7, 11) is 0. The normalized spacial score (nSPS) is 26.2. The molecular weight excluding hydrogens is 136 g/mol. The summed E-state index contributed by atoms with van der Waals surface area (Å²) in [6.07, 6.45) is 1.31. The largest absolute Gasteiger partial charge is 0.144 e. The van der Waals surface area contributed by atoms with Gasteiger partial charge in [-0.1, -0.05) is 6.92 Å². The van der Waals surface area contributed by atoms with Crippen LogP contribution >= 0.6 is 23.5 Å². The van der Waals surface area contributed by atoms with E-state index in [2.05, 4.69) is 37.4 Å². The Kier molecular flexibility index (Phi) is 2.15. The second-order valence-electron chi connectivity index (χ2n) is 2.18. The van der Waals surface area contributed by atoms with E-state index in [0.717, 1.165) is 0 Å². The van der Waals surface area contributed by atoms with E-state index in [-0.39, 0.29) is 0 Å². The fourth-order valence-corrected chi connectivity index (χ4v) is 3.53. The van der Waals surface area contributed by atoms with Crippen molar-refractivity contribution >= 4 is 23.5 Å². The molecule has 0 atom stereocenters. The van der Waals surface area contributed by atoms with Crippen molar-refractivity contribution in [1.29, 1.82) is 0 Å². The molecule has 1 fully saturated rings. The van der Waals surface area contributed by atoms with E-state index in [1.54, 1.807) is 0 Å². The Morgan fingerprint density at radius 3 is 2.12 bits per heavy atom. The van der Waals surface area contributed by atoms with Crippen molar-refractivity contribution < 1.29 is 0 Å². The maximum atomic E-state index is 2.34. The van der Waals surface area contributed by atoms with Gasteiger partial charge in [0.2, 0.25) is 0 Å². The van der Waals surface area contributed by atoms with Crippen LogP contribution in [-0.4, -0.2) is 15.6 Å². The molecule has 0 radical (unpaired) electrons. The second kappa shape index (κ2) is 2.53. The number of hydrogen-bond donors (Lipinski definition) is 0. The van der Waals surface area contributed by atoms with Crippen LogP contribution in [0.1, 0.15) is 20.3 Å². The maximum absolute atomic E-state index is 2.34. The molecule has 0 unspecified atom stereocenters. The molecule has 0 aromatic rings. The lowest BCUT2D eigenvalue weighted by Gasteiger charge is -2.17. The summed E-state index contributed by atoms with van der Waals surface area (Å²) >= 11 is 4.22. The van der Waals surface area contributed by atoms with Crippen molar-refractivity contribution in [2.75, 3.05) is 11.5 Å². The van der Waals surface area contributed by atoms with Crippen LogP contribution in [0.4, 0.5) is 0 Å². The van der Waals surface area contributed by atoms with Gasteiger partial charge in [0.1, 0.15) is 0 Å². The van der Waals surface area contributed by atoms with Gasteiger partial charge in [-0.15, -0.1) is 23.5 Å². The third-order valence-corrected chi connectivity index (χ3v) is 5.12. The topological polar surface area (TPSA) is 0 Å². The van der Waals surface area contributed by atoms with Crippen LogP contribution < -0.4 is 0 Å². The lowest BCUT2D eigenvalue weighted by atomic mass is 10.4. The third-order valence-electron chi connectivity index (χ3n) is 1.54. The molecule has 0 aromatic heterocycles. The minimum absolute atomic E-state index is 0.569. The van der Waals surface area contributed by atoms with Gasteiger partial charge in [0.05, 0.1) is 4.08 Å². The summed E-state index contributed by atoms with van der Waals surface area (Å²) in [4.78, 5) is 0. The summed E-state index contributed by atoms with van der Waals surface area (Å²) in [6, 6.07) is 0. The average molecular weight is 148 g/mol. The minimum atomic E-state index is 0.569. The Morgan fingerprint density at radius 1 is 1.38 bits per heavy atom. The fourth-order valence-electron chi connectivity index (χ4n) is 0.761. The predicted octanol–water partition coefficient (Wildman–Crippen LogP) is 2.59. The van der Waals surface area contributed by atoms with E-state index in [9.17, 15) is 0 Å². The van der Waals surface area contributed by atoms with Crippen LogP contribution in [0, 0.1) is 0 Å². The van der Waals surface area contributed by atoms with Crippen LogP contribution in [0.15, 0.2) is 0 Å². The quantitative estimate of drug-likeness (QED) is 0.560. The van der Waals surface area contributed by atoms with E-state index in [1.165, 1.54) is 17.9 Å². The molecule has 0 bridgehead atoms. The second-order valence-corrected chi connectivity index (χ2v) is 5.64. The molecule has 1 heterocycles. The summed E-state index contributed by atoms with van der Waals surface area (Å²) in [5, 5.41) is 0. The summed E-state index contributed by atoms with van der Waals surface area (Å²) in [6.45, 7) is 4.61. The first-order chi connectivity index (χ1) is 3.77. The lowest BCUT2D eigenvalue weighted by Crippen LogP contribution is -2.07. The Labute approximate surface area is 59.8 Å². The first-order valence-electron chi connectivity index (χ1n) is 3.05. The zero-order valence-corrected chi connectivity index (χ0v) is 7.07. The third kappa shape index (κ3) is 1.35. The molecule has 1 aliphatic rings. The van der Waals surface area contributed by atoms with Gasteiger partial charge in [-0.2, -0.15) is 0 Å². The molecule has 0 aromatic carbocycles. The fraction of sp³-hybridized carbons (Fsp3) is 1.00. The van der Waals surface area contributed by atoms with Gasteiger partial charge in [-0.25, -0.2) is 0 Å². The lowest BCUT2D eigenvalue weighted by molar-refractivity contribution is 0.854. The van der Waals surface area contributed by atoms with Gasteiger partial charge in [0.15, 0.2) is 0 Å². The van der Waals surface area contributed by atoms with Crippen molar-refractivity contribution in [3.63, 3.8) is 0 Å². The predicted molar refractivity (Wildman–Crippen MR) is 43.6 cm³/mol. The van der Waals surface area contributed by atoms with Gasteiger partial charge in [-0.05, 0) is 13.3 Å². The van der Waals surface area contributed by atoms with Gasteiger partial charge < -0.3 is 0 Å². The summed E-state index contributed by atoms with van der Waals surface area (Å²) < 4.78 is 0.569. The van der Waals surface area contributed by atoms with E-state index >= 15 is 0 Å². The SMILES string of the molecule is CCC1(C)SCCS1. The molecule has 0 spiro atoms. The van der Waals surface area contributed by atoms with Crippen molar-refractivity contribution in [2.24, 2.45) is 0 Å². The molecule has 48 valence electrons. The maximum Gasteiger partial charge on any atom is 0.0581 e. The number of hydrogen-bond acceptors (Lipinski definition) is 2. The summed E-state index contributed by atoms with van der Waals surface area (Å²) in [5.41, 5.74) is 0. The molecule has 0 saturated carbocycles. The summed E-state index contributed by atoms with van der Waals surface area (Å²) in [5.74, 6) is 2.71. The van der Waals surface area contributed by atoms with Crippen molar-refractivity contribution in [1.82, 2.24) is 0 Å². The molecule has 1 aliphatic heterocycles. The van der Waals surface area contributed by atoms with Crippen molar-refractivity contribution in [3.05, 3.63) is 0 Å². The monoisotopic (exact) mass is 148 g/mol. The van der Waals surface area contributed by atoms with Gasteiger partial charge >= 0.3 is 0 Å². The first kappa shape index (κ1) is 6.81. The van der Waals surface area contributed by atoms with Crippen LogP contribution in [0.25, 0.3) is 0 Å². The zero-order valence-electron chi connectivity index (χ0n) is 5.44. The highest BCUT2D eigenvalue weighted by Crippen LogP contribution is 2.45. The van der Waals surface area contributed by atoms with Crippen molar-refractivity contribution in [3.8, 4) is 0 Å². The van der Waals surface area contributed by atoms with Crippen molar-refractivity contribution in [2.45, 2.75) is 24.3 Å². The highest BCUT2D eigenvalue weighted by atomic mass is 32.2.